The first-order valence-corrected chi connectivity index (χ1v) is 11.1. The van der Waals surface area contributed by atoms with Crippen LogP contribution in [0.3, 0.4) is 0 Å². The van der Waals surface area contributed by atoms with Gasteiger partial charge in [-0.3, -0.25) is 14.9 Å². The van der Waals surface area contributed by atoms with Crippen LogP contribution in [0.4, 0.5) is 10.6 Å². The van der Waals surface area contributed by atoms with E-state index in [-0.39, 0.29) is 21.8 Å². The monoisotopic (exact) mass is 436 g/mol. The minimum absolute atomic E-state index is 0.192. The van der Waals surface area contributed by atoms with E-state index < -0.39 is 0 Å². The summed E-state index contributed by atoms with van der Waals surface area (Å²) in [5.74, 6) is 1.21. The van der Waals surface area contributed by atoms with Crippen LogP contribution < -0.4 is 15.0 Å². The number of nitrogens with zero attached hydrogens (tertiary/aromatic N) is 3. The van der Waals surface area contributed by atoms with E-state index in [4.69, 9.17) is 4.74 Å². The van der Waals surface area contributed by atoms with Crippen molar-refractivity contribution in [2.24, 2.45) is 5.41 Å². The molecule has 2 unspecified atom stereocenters. The first kappa shape index (κ1) is 21.2. The number of anilines is 1. The summed E-state index contributed by atoms with van der Waals surface area (Å²) in [5, 5.41) is 11.1. The maximum atomic E-state index is 11.7. The highest BCUT2D eigenvalue weighted by Crippen LogP contribution is 2.49. The van der Waals surface area contributed by atoms with Crippen LogP contribution in [-0.2, 0) is 11.2 Å². The predicted octanol–water partition coefficient (Wildman–Crippen LogP) is 3.53. The number of amides is 2. The molecule has 2 fully saturated rings. The molecule has 1 saturated heterocycles. The molecule has 1 aromatic carbocycles. The normalized spacial score (nSPS) is 21.3. The van der Waals surface area contributed by atoms with E-state index >= 15 is 0 Å². The predicted molar refractivity (Wildman–Crippen MR) is 119 cm³/mol. The van der Waals surface area contributed by atoms with Gasteiger partial charge in [-0.2, -0.15) is 5.26 Å². The molecule has 1 aliphatic heterocycles. The van der Waals surface area contributed by atoms with Gasteiger partial charge in [-0.05, 0) is 48.1 Å². The second-order valence-corrected chi connectivity index (χ2v) is 9.64. The molecule has 2 aromatic rings. The number of nitrogens with one attached hydrogen (secondary N) is 1. The molecule has 31 heavy (non-hydrogen) atoms. The first-order chi connectivity index (χ1) is 14.9. The molecule has 1 N–H and O–H groups in total. The molecule has 0 spiro atoms. The third-order valence-electron chi connectivity index (χ3n) is 5.73. The van der Waals surface area contributed by atoms with E-state index in [9.17, 15) is 14.9 Å². The van der Waals surface area contributed by atoms with Crippen molar-refractivity contribution in [1.29, 1.82) is 5.26 Å². The van der Waals surface area contributed by atoms with E-state index in [1.54, 1.807) is 18.3 Å². The number of ether oxygens (including phenoxy) is 1. The summed E-state index contributed by atoms with van der Waals surface area (Å²) < 4.78 is 5.95. The summed E-state index contributed by atoms with van der Waals surface area (Å²) in [5.41, 5.74) is 1.74. The van der Waals surface area contributed by atoms with Crippen molar-refractivity contribution in [3.05, 3.63) is 53.7 Å². The molecule has 7 nitrogen and oxygen atoms in total. The second kappa shape index (κ2) is 8.60. The highest BCUT2D eigenvalue weighted by Gasteiger charge is 2.50. The van der Waals surface area contributed by atoms with Gasteiger partial charge in [0.25, 0.3) is 5.24 Å². The van der Waals surface area contributed by atoms with E-state index in [2.05, 4.69) is 35.1 Å². The number of hydrogen-bond donors (Lipinski definition) is 1. The molecular formula is C23H24N4O3S. The van der Waals surface area contributed by atoms with Gasteiger partial charge in [-0.15, -0.1) is 0 Å². The van der Waals surface area contributed by atoms with Crippen LogP contribution in [0, 0.1) is 16.7 Å². The Morgan fingerprint density at radius 1 is 1.29 bits per heavy atom. The van der Waals surface area contributed by atoms with Crippen LogP contribution in [0.2, 0.25) is 0 Å². The minimum Gasteiger partial charge on any atom is -0.492 e. The van der Waals surface area contributed by atoms with E-state index in [1.165, 1.54) is 0 Å². The number of imide groups is 1. The van der Waals surface area contributed by atoms with Gasteiger partial charge in [0.05, 0.1) is 17.4 Å². The van der Waals surface area contributed by atoms with Gasteiger partial charge < -0.3 is 9.64 Å². The number of thioether (sulfide) groups is 1. The molecular weight excluding hydrogens is 412 g/mol. The Morgan fingerprint density at radius 2 is 2.03 bits per heavy atom. The zero-order valence-electron chi connectivity index (χ0n) is 17.5. The maximum absolute atomic E-state index is 11.7. The Balaban J connectivity index is 1.36. The Labute approximate surface area is 185 Å². The summed E-state index contributed by atoms with van der Waals surface area (Å²) in [6, 6.07) is 13.7. The molecule has 8 heteroatoms. The highest BCUT2D eigenvalue weighted by atomic mass is 32.2. The maximum Gasteiger partial charge on any atom is 0.286 e. The Hall–Kier alpha value is -3.05. The van der Waals surface area contributed by atoms with Crippen molar-refractivity contribution in [2.45, 2.75) is 38.0 Å². The summed E-state index contributed by atoms with van der Waals surface area (Å²) in [7, 11) is 0. The smallest absolute Gasteiger partial charge is 0.286 e. The fourth-order valence-electron chi connectivity index (χ4n) is 3.82. The third-order valence-corrected chi connectivity index (χ3v) is 6.71. The summed E-state index contributed by atoms with van der Waals surface area (Å²) in [6.07, 6.45) is 3.27. The summed E-state index contributed by atoms with van der Waals surface area (Å²) in [4.78, 5) is 29.7. The fraction of sp³-hybridized carbons (Fsp3) is 0.391. The molecule has 1 aromatic heterocycles. The van der Waals surface area contributed by atoms with Crippen molar-refractivity contribution in [3.63, 3.8) is 0 Å². The number of pyridine rings is 1. The molecule has 4 rings (SSSR count). The largest absolute Gasteiger partial charge is 0.492 e. The Kier molecular flexibility index (Phi) is 5.88. The second-order valence-electron chi connectivity index (χ2n) is 8.47. The van der Waals surface area contributed by atoms with Gasteiger partial charge >= 0.3 is 0 Å². The zero-order valence-corrected chi connectivity index (χ0v) is 18.3. The number of rotatable bonds is 8. The van der Waals surface area contributed by atoms with Gasteiger partial charge in [-0.1, -0.05) is 37.7 Å². The topological polar surface area (TPSA) is 95.3 Å². The summed E-state index contributed by atoms with van der Waals surface area (Å²) >= 11 is 1.03. The fourth-order valence-corrected chi connectivity index (χ4v) is 4.68. The van der Waals surface area contributed by atoms with Crippen LogP contribution >= 0.6 is 11.8 Å². The molecule has 160 valence electrons. The molecule has 2 atom stereocenters. The molecule has 1 aliphatic carbocycles. The van der Waals surface area contributed by atoms with Crippen molar-refractivity contribution < 1.29 is 14.3 Å². The minimum atomic E-state index is -0.373. The van der Waals surface area contributed by atoms with Crippen LogP contribution in [0.15, 0.2) is 42.6 Å². The van der Waals surface area contributed by atoms with E-state index in [1.807, 2.05) is 24.3 Å². The third kappa shape index (κ3) is 4.83. The number of carbonyl (C=O) groups excluding carboxylic acids is 2. The van der Waals surface area contributed by atoms with Crippen molar-refractivity contribution in [2.75, 3.05) is 18.1 Å². The SMILES string of the molecule is CC1(C)CC1N(CCOc1ccc(CC2SC(=O)NC2=O)cc1)c1ncccc1C#N. The Morgan fingerprint density at radius 3 is 2.65 bits per heavy atom. The standard InChI is InChI=1S/C23H24N4O3S/c1-23(2)13-19(23)27(20-16(14-24)4-3-9-25-20)10-11-30-17-7-5-15(6-8-17)12-18-21(28)26-22(29)31-18/h3-9,18-19H,10-13H2,1-2H3,(H,26,28,29). The summed E-state index contributed by atoms with van der Waals surface area (Å²) in [6.45, 7) is 5.52. The highest BCUT2D eigenvalue weighted by molar-refractivity contribution is 8.15. The molecule has 1 saturated carbocycles. The van der Waals surface area contributed by atoms with Crippen LogP contribution in [0.25, 0.3) is 0 Å². The lowest BCUT2D eigenvalue weighted by atomic mass is 10.1. The number of aromatic nitrogens is 1. The van der Waals surface area contributed by atoms with Gasteiger partial charge in [0.2, 0.25) is 5.91 Å². The van der Waals surface area contributed by atoms with Crippen molar-refractivity contribution in [3.8, 4) is 11.8 Å². The molecule has 2 heterocycles. The zero-order chi connectivity index (χ0) is 22.0. The number of hydrogen-bond acceptors (Lipinski definition) is 7. The lowest BCUT2D eigenvalue weighted by molar-refractivity contribution is -0.118. The first-order valence-electron chi connectivity index (χ1n) is 10.2. The lowest BCUT2D eigenvalue weighted by Gasteiger charge is -2.26. The molecule has 2 amide bonds. The van der Waals surface area contributed by atoms with Gasteiger partial charge in [0.1, 0.15) is 24.2 Å². The average Bonchev–Trinajstić information content (AvgIpc) is 3.26. The van der Waals surface area contributed by atoms with Crippen LogP contribution in [0.1, 0.15) is 31.4 Å². The molecule has 0 bridgehead atoms. The van der Waals surface area contributed by atoms with Gasteiger partial charge in [0.15, 0.2) is 0 Å². The number of nitriles is 1. The quantitative estimate of drug-likeness (QED) is 0.676. The lowest BCUT2D eigenvalue weighted by Crippen LogP contribution is -2.34. The van der Waals surface area contributed by atoms with E-state index in [0.717, 1.165) is 29.5 Å². The van der Waals surface area contributed by atoms with Gasteiger partial charge in [-0.25, -0.2) is 4.98 Å². The number of carbonyl (C=O) groups is 2. The van der Waals surface area contributed by atoms with Crippen molar-refractivity contribution in [1.82, 2.24) is 10.3 Å². The van der Waals surface area contributed by atoms with Crippen molar-refractivity contribution >= 4 is 28.7 Å². The number of benzene rings is 1. The molecule has 0 radical (unpaired) electrons. The van der Waals surface area contributed by atoms with Gasteiger partial charge in [0, 0.05) is 12.2 Å². The van der Waals surface area contributed by atoms with E-state index in [0.29, 0.717) is 37.0 Å². The Bertz CT molecular complexity index is 1030. The molecule has 2 aliphatic rings. The average molecular weight is 437 g/mol. The van der Waals surface area contributed by atoms with Crippen LogP contribution in [0.5, 0.6) is 5.75 Å². The van der Waals surface area contributed by atoms with Crippen LogP contribution in [-0.4, -0.2) is 40.6 Å².